The minimum Gasteiger partial charge on any atom is -0.393 e. The Balaban J connectivity index is 3.00. The van der Waals surface area contributed by atoms with Gasteiger partial charge in [0.15, 0.2) is 0 Å². The van der Waals surface area contributed by atoms with Crippen molar-refractivity contribution in [2.75, 3.05) is 0 Å². The van der Waals surface area contributed by atoms with Crippen molar-refractivity contribution in [2.24, 2.45) is 0 Å². The molecule has 0 spiro atoms. The first-order valence-electron chi connectivity index (χ1n) is 4.11. The van der Waals surface area contributed by atoms with E-state index in [1.54, 1.807) is 19.1 Å². The maximum atomic E-state index is 10.6. The summed E-state index contributed by atoms with van der Waals surface area (Å²) in [5.74, 6) is 0. The zero-order valence-corrected chi connectivity index (χ0v) is 9.19. The summed E-state index contributed by atoms with van der Waals surface area (Å²) >= 11 is 3.09. The predicted octanol–water partition coefficient (Wildman–Crippen LogP) is 2.28. The second-order valence-electron chi connectivity index (χ2n) is 3.10. The van der Waals surface area contributed by atoms with E-state index in [0.717, 1.165) is 5.56 Å². The number of benzene rings is 1. The molecule has 0 radical (unpaired) electrons. The smallest absolute Gasteiger partial charge is 0.283 e. The fourth-order valence-electron chi connectivity index (χ4n) is 1.17. The van der Waals surface area contributed by atoms with Crippen LogP contribution in [0.25, 0.3) is 0 Å². The molecule has 1 aromatic carbocycles. The highest BCUT2D eigenvalue weighted by Gasteiger charge is 2.12. The van der Waals surface area contributed by atoms with Gasteiger partial charge in [0.1, 0.15) is 0 Å². The molecule has 0 amide bonds. The van der Waals surface area contributed by atoms with Gasteiger partial charge < -0.3 is 5.11 Å². The number of rotatable bonds is 3. The van der Waals surface area contributed by atoms with E-state index in [1.807, 2.05) is 0 Å². The Morgan fingerprint density at radius 3 is 2.79 bits per heavy atom. The number of aliphatic hydroxyl groups is 1. The van der Waals surface area contributed by atoms with E-state index in [2.05, 4.69) is 15.9 Å². The molecule has 0 fully saturated rings. The van der Waals surface area contributed by atoms with Crippen molar-refractivity contribution < 1.29 is 10.0 Å². The molecule has 76 valence electrons. The van der Waals surface area contributed by atoms with Gasteiger partial charge in [0.2, 0.25) is 0 Å². The van der Waals surface area contributed by atoms with E-state index >= 15 is 0 Å². The first kappa shape index (κ1) is 11.1. The maximum Gasteiger partial charge on any atom is 0.283 e. The third-order valence-electron chi connectivity index (χ3n) is 1.74. The largest absolute Gasteiger partial charge is 0.393 e. The summed E-state index contributed by atoms with van der Waals surface area (Å²) in [5, 5.41) is 19.7. The van der Waals surface area contributed by atoms with E-state index in [-0.39, 0.29) is 5.69 Å². The van der Waals surface area contributed by atoms with E-state index in [0.29, 0.717) is 10.9 Å². The van der Waals surface area contributed by atoms with Crippen LogP contribution in [-0.4, -0.2) is 16.1 Å². The summed E-state index contributed by atoms with van der Waals surface area (Å²) < 4.78 is 0.455. The van der Waals surface area contributed by atoms with Crippen molar-refractivity contribution in [3.05, 3.63) is 38.3 Å². The van der Waals surface area contributed by atoms with Crippen molar-refractivity contribution in [2.45, 2.75) is 19.4 Å². The first-order chi connectivity index (χ1) is 6.50. The van der Waals surface area contributed by atoms with Crippen LogP contribution in [0.4, 0.5) is 5.69 Å². The molecule has 4 nitrogen and oxygen atoms in total. The first-order valence-corrected chi connectivity index (χ1v) is 4.91. The third-order valence-corrected chi connectivity index (χ3v) is 2.41. The fraction of sp³-hybridized carbons (Fsp3) is 0.333. The second-order valence-corrected chi connectivity index (χ2v) is 3.95. The molecule has 1 aromatic rings. The Labute approximate surface area is 89.8 Å². The van der Waals surface area contributed by atoms with Crippen molar-refractivity contribution in [3.63, 3.8) is 0 Å². The van der Waals surface area contributed by atoms with Gasteiger partial charge in [-0.1, -0.05) is 6.07 Å². The molecule has 1 unspecified atom stereocenters. The topological polar surface area (TPSA) is 63.4 Å². The molecule has 1 N–H and O–H groups in total. The number of hydrogen-bond acceptors (Lipinski definition) is 3. The third kappa shape index (κ3) is 2.78. The standard InChI is InChI=1S/C9H10BrNO3/c1-6(12)4-7-2-3-8(10)9(5-7)11(13)14/h2-3,5-6,12H,4H2,1H3. The number of nitro benzene ring substituents is 1. The van der Waals surface area contributed by atoms with Gasteiger partial charge in [-0.2, -0.15) is 0 Å². The summed E-state index contributed by atoms with van der Waals surface area (Å²) in [6, 6.07) is 4.84. The monoisotopic (exact) mass is 259 g/mol. The molecule has 0 bridgehead atoms. The molecule has 0 aromatic heterocycles. The van der Waals surface area contributed by atoms with Crippen LogP contribution in [0.3, 0.4) is 0 Å². The average molecular weight is 260 g/mol. The normalized spacial score (nSPS) is 12.5. The van der Waals surface area contributed by atoms with E-state index < -0.39 is 11.0 Å². The van der Waals surface area contributed by atoms with Crippen LogP contribution < -0.4 is 0 Å². The summed E-state index contributed by atoms with van der Waals surface area (Å²) in [7, 11) is 0. The minimum absolute atomic E-state index is 0.0307. The van der Waals surface area contributed by atoms with Crippen LogP contribution in [0, 0.1) is 10.1 Å². The van der Waals surface area contributed by atoms with E-state index in [4.69, 9.17) is 5.11 Å². The fourth-order valence-corrected chi connectivity index (χ4v) is 1.56. The molecule has 0 aliphatic heterocycles. The minimum atomic E-state index is -0.490. The lowest BCUT2D eigenvalue weighted by molar-refractivity contribution is -0.385. The predicted molar refractivity (Wildman–Crippen MR) is 56.2 cm³/mol. The van der Waals surface area contributed by atoms with Crippen molar-refractivity contribution in [1.82, 2.24) is 0 Å². The average Bonchev–Trinajstić information content (AvgIpc) is 2.07. The highest BCUT2D eigenvalue weighted by molar-refractivity contribution is 9.10. The van der Waals surface area contributed by atoms with E-state index in [1.165, 1.54) is 6.07 Å². The lowest BCUT2D eigenvalue weighted by atomic mass is 10.1. The summed E-state index contributed by atoms with van der Waals surface area (Å²) in [5.41, 5.74) is 0.790. The van der Waals surface area contributed by atoms with Crippen LogP contribution in [0.2, 0.25) is 0 Å². The van der Waals surface area contributed by atoms with Gasteiger partial charge in [0, 0.05) is 6.07 Å². The maximum absolute atomic E-state index is 10.6. The summed E-state index contributed by atoms with van der Waals surface area (Å²) in [6.45, 7) is 1.65. The van der Waals surface area contributed by atoms with Gasteiger partial charge in [-0.05, 0) is 40.9 Å². The zero-order valence-electron chi connectivity index (χ0n) is 7.61. The van der Waals surface area contributed by atoms with Gasteiger partial charge in [-0.25, -0.2) is 0 Å². The molecule has 1 rings (SSSR count). The molecule has 5 heteroatoms. The van der Waals surface area contributed by atoms with Crippen LogP contribution in [-0.2, 0) is 6.42 Å². The van der Waals surface area contributed by atoms with Crippen molar-refractivity contribution >= 4 is 21.6 Å². The van der Waals surface area contributed by atoms with Crippen molar-refractivity contribution in [3.8, 4) is 0 Å². The van der Waals surface area contributed by atoms with Crippen molar-refractivity contribution in [1.29, 1.82) is 0 Å². The van der Waals surface area contributed by atoms with Gasteiger partial charge in [0.05, 0.1) is 15.5 Å². The molecular weight excluding hydrogens is 250 g/mol. The Bertz CT molecular complexity index is 352. The van der Waals surface area contributed by atoms with E-state index in [9.17, 15) is 10.1 Å². The zero-order chi connectivity index (χ0) is 10.7. The number of halogens is 1. The summed E-state index contributed by atoms with van der Waals surface area (Å²) in [6.07, 6.45) is -0.0653. The molecule has 0 heterocycles. The van der Waals surface area contributed by atoms with Crippen LogP contribution in [0.5, 0.6) is 0 Å². The Morgan fingerprint density at radius 1 is 1.64 bits per heavy atom. The number of nitrogens with zero attached hydrogens (tertiary/aromatic N) is 1. The second kappa shape index (κ2) is 4.52. The molecule has 0 aliphatic carbocycles. The molecule has 0 saturated carbocycles. The van der Waals surface area contributed by atoms with Crippen LogP contribution >= 0.6 is 15.9 Å². The lowest BCUT2D eigenvalue weighted by Crippen LogP contribution is -2.04. The lowest BCUT2D eigenvalue weighted by Gasteiger charge is -2.04. The highest BCUT2D eigenvalue weighted by Crippen LogP contribution is 2.25. The Morgan fingerprint density at radius 2 is 2.29 bits per heavy atom. The molecule has 0 aliphatic rings. The van der Waals surface area contributed by atoms with Crippen LogP contribution in [0.15, 0.2) is 22.7 Å². The molecule has 0 saturated heterocycles. The Kier molecular flexibility index (Phi) is 3.60. The molecular formula is C9H10BrNO3. The van der Waals surface area contributed by atoms with Gasteiger partial charge in [0.25, 0.3) is 5.69 Å². The number of hydrogen-bond donors (Lipinski definition) is 1. The highest BCUT2D eigenvalue weighted by atomic mass is 79.9. The SMILES string of the molecule is CC(O)Cc1ccc(Br)c([N+](=O)[O-])c1. The van der Waals surface area contributed by atoms with Gasteiger partial charge >= 0.3 is 0 Å². The Hall–Kier alpha value is -0.940. The van der Waals surface area contributed by atoms with Gasteiger partial charge in [-0.3, -0.25) is 10.1 Å². The molecule has 1 atom stereocenters. The molecule has 14 heavy (non-hydrogen) atoms. The number of nitro groups is 1. The van der Waals surface area contributed by atoms with Crippen LogP contribution in [0.1, 0.15) is 12.5 Å². The quantitative estimate of drug-likeness (QED) is 0.669. The van der Waals surface area contributed by atoms with Gasteiger partial charge in [-0.15, -0.1) is 0 Å². The number of aliphatic hydroxyl groups excluding tert-OH is 1. The summed E-state index contributed by atoms with van der Waals surface area (Å²) in [4.78, 5) is 10.1.